The Morgan fingerprint density at radius 3 is 2.15 bits per heavy atom. The van der Waals surface area contributed by atoms with E-state index in [0.29, 0.717) is 28.5 Å². The van der Waals surface area contributed by atoms with Crippen LogP contribution >= 0.6 is 0 Å². The van der Waals surface area contributed by atoms with E-state index < -0.39 is 0 Å². The molecule has 3 aromatic rings. The van der Waals surface area contributed by atoms with E-state index in [9.17, 15) is 9.59 Å². The van der Waals surface area contributed by atoms with E-state index in [2.05, 4.69) is 15.8 Å². The molecule has 0 saturated heterocycles. The van der Waals surface area contributed by atoms with Gasteiger partial charge in [-0.3, -0.25) is 14.2 Å². The molecule has 0 bridgehead atoms. The highest BCUT2D eigenvalue weighted by molar-refractivity contribution is 6.05. The smallest absolute Gasteiger partial charge is 0.257 e. The summed E-state index contributed by atoms with van der Waals surface area (Å²) in [5.41, 5.74) is 3.56. The molecule has 0 aliphatic heterocycles. The summed E-state index contributed by atoms with van der Waals surface area (Å²) < 4.78 is 7.01. The van der Waals surface area contributed by atoms with Crippen molar-refractivity contribution in [1.82, 2.24) is 9.72 Å². The summed E-state index contributed by atoms with van der Waals surface area (Å²) in [6.45, 7) is 7.05. The molecule has 0 atom stereocenters. The first-order valence-electron chi connectivity index (χ1n) is 8.17. The minimum Gasteiger partial charge on any atom is -0.360 e. The quantitative estimate of drug-likeness (QED) is 0.751. The monoisotopic (exact) mass is 352 g/mol. The molecule has 0 fully saturated rings. The second kappa shape index (κ2) is 6.87. The summed E-state index contributed by atoms with van der Waals surface area (Å²) >= 11 is 0. The van der Waals surface area contributed by atoms with Crippen LogP contribution in [0.3, 0.4) is 0 Å². The first kappa shape index (κ1) is 17.5. The van der Waals surface area contributed by atoms with Gasteiger partial charge in [-0.1, -0.05) is 5.16 Å². The lowest BCUT2D eigenvalue weighted by Crippen LogP contribution is -2.13. The Labute approximate surface area is 151 Å². The van der Waals surface area contributed by atoms with Crippen LogP contribution in [0.4, 0.5) is 11.4 Å². The normalized spacial score (nSPS) is 10.6. The molecule has 0 aliphatic carbocycles. The Kier molecular flexibility index (Phi) is 4.62. The largest absolute Gasteiger partial charge is 0.360 e. The number of carbonyl (C=O) groups excluding carboxylic acids is 2. The highest BCUT2D eigenvalue weighted by Gasteiger charge is 2.18. The number of nitrogens with one attached hydrogen (secondary N) is 2. The van der Waals surface area contributed by atoms with Gasteiger partial charge in [0.2, 0.25) is 5.91 Å². The van der Waals surface area contributed by atoms with E-state index in [0.717, 1.165) is 11.4 Å². The number of aryl methyl sites for hydroxylation is 2. The first-order chi connectivity index (χ1) is 12.3. The fraction of sp³-hybridized carbons (Fsp3) is 0.211. The van der Waals surface area contributed by atoms with Crippen molar-refractivity contribution in [3.05, 3.63) is 59.1 Å². The summed E-state index contributed by atoms with van der Waals surface area (Å²) in [5.74, 6) is 1.00. The Bertz CT molecular complexity index is 967. The highest BCUT2D eigenvalue weighted by atomic mass is 16.5. The van der Waals surface area contributed by atoms with Crippen molar-refractivity contribution in [2.45, 2.75) is 27.7 Å². The van der Waals surface area contributed by atoms with Crippen LogP contribution in [-0.2, 0) is 4.79 Å². The number of nitrogens with zero attached hydrogens (tertiary/aromatic N) is 2. The second-order valence-corrected chi connectivity index (χ2v) is 6.13. The topological polar surface area (TPSA) is 89.2 Å². The molecule has 2 N–H and O–H groups in total. The zero-order chi connectivity index (χ0) is 18.8. The summed E-state index contributed by atoms with van der Waals surface area (Å²) in [6.07, 6.45) is 0. The molecule has 0 radical (unpaired) electrons. The Hall–Kier alpha value is -3.35. The molecule has 2 heterocycles. The lowest BCUT2D eigenvalue weighted by molar-refractivity contribution is -0.114. The molecular weight excluding hydrogens is 332 g/mol. The van der Waals surface area contributed by atoms with Crippen molar-refractivity contribution in [2.24, 2.45) is 0 Å². The third kappa shape index (κ3) is 3.51. The van der Waals surface area contributed by atoms with Gasteiger partial charge in [-0.2, -0.15) is 0 Å². The van der Waals surface area contributed by atoms with Gasteiger partial charge in [-0.05, 0) is 51.1 Å². The molecule has 0 spiro atoms. The number of rotatable bonds is 4. The average Bonchev–Trinajstić information content (AvgIpc) is 3.11. The molecule has 0 aliphatic rings. The predicted octanol–water partition coefficient (Wildman–Crippen LogP) is 3.60. The fourth-order valence-electron chi connectivity index (χ4n) is 2.84. The molecule has 7 nitrogen and oxygen atoms in total. The van der Waals surface area contributed by atoms with Gasteiger partial charge in [-0.25, -0.2) is 0 Å². The van der Waals surface area contributed by atoms with E-state index in [-0.39, 0.29) is 11.8 Å². The zero-order valence-electron chi connectivity index (χ0n) is 15.1. The minimum atomic E-state index is -0.211. The van der Waals surface area contributed by atoms with Gasteiger partial charge in [-0.15, -0.1) is 0 Å². The molecule has 26 heavy (non-hydrogen) atoms. The van der Waals surface area contributed by atoms with Gasteiger partial charge in [0.05, 0.1) is 5.56 Å². The van der Waals surface area contributed by atoms with Crippen molar-refractivity contribution in [1.29, 1.82) is 0 Å². The molecule has 0 unspecified atom stereocenters. The Balaban J connectivity index is 1.81. The predicted molar refractivity (Wildman–Crippen MR) is 98.7 cm³/mol. The van der Waals surface area contributed by atoms with Gasteiger partial charge in [0, 0.05) is 35.8 Å². The van der Waals surface area contributed by atoms with Crippen LogP contribution in [0.15, 0.2) is 40.9 Å². The second-order valence-electron chi connectivity index (χ2n) is 6.13. The van der Waals surface area contributed by atoms with Gasteiger partial charge < -0.3 is 15.2 Å². The molecule has 0 saturated carbocycles. The van der Waals surface area contributed by atoms with Crippen molar-refractivity contribution >= 4 is 23.2 Å². The molecule has 134 valence electrons. The van der Waals surface area contributed by atoms with Gasteiger partial charge in [0.25, 0.3) is 5.91 Å². The van der Waals surface area contributed by atoms with Crippen LogP contribution in [0.5, 0.6) is 0 Å². The summed E-state index contributed by atoms with van der Waals surface area (Å²) in [5, 5.41) is 9.57. The van der Waals surface area contributed by atoms with E-state index in [1.807, 2.05) is 37.5 Å². The molecule has 2 amide bonds. The Morgan fingerprint density at radius 2 is 1.62 bits per heavy atom. The van der Waals surface area contributed by atoms with Gasteiger partial charge in [0.15, 0.2) is 5.82 Å². The van der Waals surface area contributed by atoms with Crippen LogP contribution in [0.1, 0.15) is 34.4 Å². The summed E-state index contributed by atoms with van der Waals surface area (Å²) in [7, 11) is 0. The average molecular weight is 352 g/mol. The maximum atomic E-state index is 12.7. The van der Waals surface area contributed by atoms with Crippen LogP contribution in [-0.4, -0.2) is 21.5 Å². The van der Waals surface area contributed by atoms with Crippen molar-refractivity contribution in [3.8, 4) is 5.82 Å². The maximum absolute atomic E-state index is 12.7. The van der Waals surface area contributed by atoms with Crippen LogP contribution in [0, 0.1) is 20.8 Å². The number of benzene rings is 1. The van der Waals surface area contributed by atoms with E-state index in [4.69, 9.17) is 4.52 Å². The third-order valence-corrected chi connectivity index (χ3v) is 3.98. The van der Waals surface area contributed by atoms with Crippen molar-refractivity contribution < 1.29 is 14.1 Å². The summed E-state index contributed by atoms with van der Waals surface area (Å²) in [4.78, 5) is 23.7. The standard InChI is InChI=1S/C19H20N4O3/c1-11-9-17(13(3)23(11)18-10-12(2)26-22-18)19(25)21-16-7-5-15(6-8-16)20-14(4)24/h5-10H,1-4H3,(H,20,24)(H,21,25). The van der Waals surface area contributed by atoms with Crippen molar-refractivity contribution in [2.75, 3.05) is 10.6 Å². The molecule has 2 aromatic heterocycles. The van der Waals surface area contributed by atoms with Gasteiger partial charge in [0.1, 0.15) is 5.76 Å². The van der Waals surface area contributed by atoms with E-state index >= 15 is 0 Å². The lowest BCUT2D eigenvalue weighted by Gasteiger charge is -2.08. The number of hydrogen-bond acceptors (Lipinski definition) is 4. The maximum Gasteiger partial charge on any atom is 0.257 e. The SMILES string of the molecule is CC(=O)Nc1ccc(NC(=O)c2cc(C)n(-c3cc(C)on3)c2C)cc1. The Morgan fingerprint density at radius 1 is 1.00 bits per heavy atom. The number of aromatic nitrogens is 2. The van der Waals surface area contributed by atoms with Crippen molar-refractivity contribution in [3.63, 3.8) is 0 Å². The van der Waals surface area contributed by atoms with Crippen LogP contribution in [0.25, 0.3) is 5.82 Å². The number of carbonyl (C=O) groups is 2. The fourth-order valence-corrected chi connectivity index (χ4v) is 2.84. The lowest BCUT2D eigenvalue weighted by atomic mass is 10.2. The molecular formula is C19H20N4O3. The molecule has 1 aromatic carbocycles. The van der Waals surface area contributed by atoms with Gasteiger partial charge >= 0.3 is 0 Å². The first-order valence-corrected chi connectivity index (χ1v) is 8.17. The van der Waals surface area contributed by atoms with Crippen LogP contribution in [0.2, 0.25) is 0 Å². The number of amides is 2. The number of hydrogen-bond donors (Lipinski definition) is 2. The highest BCUT2D eigenvalue weighted by Crippen LogP contribution is 2.22. The van der Waals surface area contributed by atoms with E-state index in [1.54, 1.807) is 24.3 Å². The third-order valence-electron chi connectivity index (χ3n) is 3.98. The minimum absolute atomic E-state index is 0.141. The van der Waals surface area contributed by atoms with Crippen LogP contribution < -0.4 is 10.6 Å². The molecule has 3 rings (SSSR count). The zero-order valence-corrected chi connectivity index (χ0v) is 15.1. The summed E-state index contributed by atoms with van der Waals surface area (Å²) in [6, 6.07) is 10.6. The van der Waals surface area contributed by atoms with E-state index in [1.165, 1.54) is 6.92 Å². The molecule has 7 heteroatoms. The number of anilines is 2.